The topological polar surface area (TPSA) is 142 Å². The van der Waals surface area contributed by atoms with Gasteiger partial charge in [0.25, 0.3) is 0 Å². The third-order valence-electron chi connectivity index (χ3n) is 5.71. The number of carbonyl (C=O) groups excluding carboxylic acids is 3. The fourth-order valence-electron chi connectivity index (χ4n) is 3.66. The maximum Gasteiger partial charge on any atom is 0.242 e. The van der Waals surface area contributed by atoms with E-state index in [1.54, 1.807) is 26.2 Å². The van der Waals surface area contributed by atoms with Crippen LogP contribution in [0.25, 0.3) is 0 Å². The zero-order valence-corrected chi connectivity index (χ0v) is 21.8. The summed E-state index contributed by atoms with van der Waals surface area (Å²) in [5.41, 5.74) is 8.95. The molecule has 0 unspecified atom stereocenters. The number of carbonyl (C=O) groups is 3. The maximum absolute atomic E-state index is 12.8. The Morgan fingerprint density at radius 2 is 1.47 bits per heavy atom. The monoisotopic (exact) mass is 517 g/mol. The van der Waals surface area contributed by atoms with Crippen molar-refractivity contribution in [1.29, 1.82) is 0 Å². The zero-order chi connectivity index (χ0) is 27.3. The summed E-state index contributed by atoms with van der Waals surface area (Å²) in [6.07, 6.45) is 4.08. The van der Waals surface area contributed by atoms with Gasteiger partial charge in [0.1, 0.15) is 6.04 Å². The number of nitrogens with two attached hydrogens (primary N) is 1. The lowest BCUT2D eigenvalue weighted by molar-refractivity contribution is -0.129. The van der Waals surface area contributed by atoms with Crippen LogP contribution < -0.4 is 21.7 Å². The molecule has 0 aliphatic rings. The van der Waals surface area contributed by atoms with E-state index >= 15 is 0 Å². The van der Waals surface area contributed by atoms with Crippen LogP contribution in [0.1, 0.15) is 30.8 Å². The van der Waals surface area contributed by atoms with Gasteiger partial charge >= 0.3 is 0 Å². The second-order valence-corrected chi connectivity index (χ2v) is 9.09. The molecule has 0 aliphatic heterocycles. The van der Waals surface area contributed by atoms with Crippen molar-refractivity contribution in [3.8, 4) is 0 Å². The smallest absolute Gasteiger partial charge is 0.242 e. The molecule has 0 aliphatic carbocycles. The quantitative estimate of drug-likeness (QED) is 0.270. The Morgan fingerprint density at radius 3 is 2.00 bits per heavy atom. The summed E-state index contributed by atoms with van der Waals surface area (Å²) in [7, 11) is 0. The first-order valence-corrected chi connectivity index (χ1v) is 12.5. The molecule has 10 nitrogen and oxygen atoms in total. The van der Waals surface area contributed by atoms with E-state index in [-0.39, 0.29) is 24.3 Å². The third kappa shape index (κ3) is 9.72. The highest BCUT2D eigenvalue weighted by Gasteiger charge is 2.17. The first kappa shape index (κ1) is 28.4. The Kier molecular flexibility index (Phi) is 10.9. The Hall–Kier alpha value is -4.15. The molecule has 2 heterocycles. The Morgan fingerprint density at radius 1 is 0.868 bits per heavy atom. The summed E-state index contributed by atoms with van der Waals surface area (Å²) in [5.74, 6) is -0.787. The largest absolute Gasteiger partial charge is 0.354 e. The Balaban J connectivity index is 1.48. The van der Waals surface area contributed by atoms with Crippen molar-refractivity contribution in [3.05, 3.63) is 90.0 Å². The Bertz CT molecular complexity index is 1130. The lowest BCUT2D eigenvalue weighted by Crippen LogP contribution is -2.49. The molecular formula is C28H35N7O3. The van der Waals surface area contributed by atoms with Crippen molar-refractivity contribution < 1.29 is 14.4 Å². The number of anilines is 1. The van der Waals surface area contributed by atoms with Crippen molar-refractivity contribution in [2.75, 3.05) is 18.4 Å². The van der Waals surface area contributed by atoms with Crippen LogP contribution in [0.15, 0.2) is 73.1 Å². The SMILES string of the molecule is C[C@H](NC(=O)[C@@H](C)N)C(=O)NCCc1ccc(NC(=O)CN(Cc2ccccn2)Cc2ccccn2)cc1. The van der Waals surface area contributed by atoms with Crippen LogP contribution in [0.4, 0.5) is 5.69 Å². The van der Waals surface area contributed by atoms with Gasteiger partial charge in [-0.05, 0) is 62.2 Å². The molecule has 10 heteroatoms. The van der Waals surface area contributed by atoms with Gasteiger partial charge in [-0.2, -0.15) is 0 Å². The molecule has 0 spiro atoms. The van der Waals surface area contributed by atoms with Crippen LogP contribution >= 0.6 is 0 Å². The van der Waals surface area contributed by atoms with E-state index in [4.69, 9.17) is 5.73 Å². The molecule has 3 aromatic rings. The molecule has 0 fully saturated rings. The average molecular weight is 518 g/mol. The molecule has 0 bridgehead atoms. The summed E-state index contributed by atoms with van der Waals surface area (Å²) in [6.45, 7) is 4.80. The van der Waals surface area contributed by atoms with Gasteiger partial charge in [-0.3, -0.25) is 29.3 Å². The maximum atomic E-state index is 12.8. The van der Waals surface area contributed by atoms with E-state index in [0.717, 1.165) is 17.0 Å². The second-order valence-electron chi connectivity index (χ2n) is 9.09. The van der Waals surface area contributed by atoms with Gasteiger partial charge in [0.05, 0.1) is 24.0 Å². The molecule has 200 valence electrons. The summed E-state index contributed by atoms with van der Waals surface area (Å²) in [4.78, 5) is 47.4. The molecule has 3 rings (SSSR count). The minimum absolute atomic E-state index is 0.139. The fourth-order valence-corrected chi connectivity index (χ4v) is 3.66. The van der Waals surface area contributed by atoms with Gasteiger partial charge in [-0.25, -0.2) is 0 Å². The van der Waals surface area contributed by atoms with Gasteiger partial charge in [0.2, 0.25) is 17.7 Å². The highest BCUT2D eigenvalue weighted by molar-refractivity contribution is 5.92. The van der Waals surface area contributed by atoms with Gasteiger partial charge in [-0.15, -0.1) is 0 Å². The average Bonchev–Trinajstić information content (AvgIpc) is 2.90. The van der Waals surface area contributed by atoms with Crippen LogP contribution in [0.3, 0.4) is 0 Å². The number of nitrogens with one attached hydrogen (secondary N) is 3. The van der Waals surface area contributed by atoms with Crippen LogP contribution in [0.5, 0.6) is 0 Å². The van der Waals surface area contributed by atoms with Gasteiger partial charge in [0, 0.05) is 37.7 Å². The molecule has 3 amide bonds. The number of pyridine rings is 2. The molecule has 0 saturated heterocycles. The van der Waals surface area contributed by atoms with Gasteiger partial charge < -0.3 is 21.7 Å². The number of aromatic nitrogens is 2. The number of amides is 3. The summed E-state index contributed by atoms with van der Waals surface area (Å²) >= 11 is 0. The molecule has 2 atom stereocenters. The van der Waals surface area contributed by atoms with Crippen molar-refractivity contribution in [1.82, 2.24) is 25.5 Å². The zero-order valence-electron chi connectivity index (χ0n) is 21.8. The minimum Gasteiger partial charge on any atom is -0.354 e. The lowest BCUT2D eigenvalue weighted by Gasteiger charge is -2.21. The van der Waals surface area contributed by atoms with Crippen LogP contribution in [-0.2, 0) is 33.9 Å². The third-order valence-corrected chi connectivity index (χ3v) is 5.71. The molecule has 0 saturated carbocycles. The van der Waals surface area contributed by atoms with Crippen molar-refractivity contribution in [2.45, 2.75) is 45.4 Å². The predicted molar refractivity (Wildman–Crippen MR) is 146 cm³/mol. The molecule has 5 N–H and O–H groups in total. The normalized spacial score (nSPS) is 12.4. The van der Waals surface area contributed by atoms with Crippen LogP contribution in [0.2, 0.25) is 0 Å². The first-order valence-electron chi connectivity index (χ1n) is 12.5. The number of nitrogens with zero attached hydrogens (tertiary/aromatic N) is 3. The van der Waals surface area contributed by atoms with E-state index in [0.29, 0.717) is 31.7 Å². The summed E-state index contributed by atoms with van der Waals surface area (Å²) < 4.78 is 0. The van der Waals surface area contributed by atoms with Crippen LogP contribution in [0, 0.1) is 0 Å². The molecule has 1 aromatic carbocycles. The fraction of sp³-hybridized carbons (Fsp3) is 0.321. The summed E-state index contributed by atoms with van der Waals surface area (Å²) in [5, 5.41) is 8.32. The molecule has 0 radical (unpaired) electrons. The standard InChI is InChI=1S/C28H35N7O3/c1-20(29)27(37)33-21(2)28(38)32-16-13-22-9-11-23(12-10-22)34-26(36)19-35(17-24-7-3-5-14-30-24)18-25-8-4-6-15-31-25/h3-12,14-15,20-21H,13,16-19,29H2,1-2H3,(H,32,38)(H,33,37)(H,34,36)/t20-,21+/m1/s1. The number of benzene rings is 1. The van der Waals surface area contributed by atoms with E-state index in [1.165, 1.54) is 0 Å². The van der Waals surface area contributed by atoms with Crippen LogP contribution in [-0.4, -0.2) is 57.8 Å². The molecule has 38 heavy (non-hydrogen) atoms. The number of rotatable bonds is 13. The molecular weight excluding hydrogens is 482 g/mol. The van der Waals surface area contributed by atoms with Gasteiger partial charge in [-0.1, -0.05) is 24.3 Å². The van der Waals surface area contributed by atoms with Crippen molar-refractivity contribution in [3.63, 3.8) is 0 Å². The van der Waals surface area contributed by atoms with Crippen molar-refractivity contribution >= 4 is 23.4 Å². The predicted octanol–water partition coefficient (Wildman–Crippen LogP) is 1.63. The first-order chi connectivity index (χ1) is 18.3. The number of hydrogen-bond donors (Lipinski definition) is 4. The highest BCUT2D eigenvalue weighted by atomic mass is 16.2. The second kappa shape index (κ2) is 14.6. The van der Waals surface area contributed by atoms with E-state index in [2.05, 4.69) is 25.9 Å². The van der Waals surface area contributed by atoms with E-state index in [1.807, 2.05) is 65.6 Å². The Labute approximate surface area is 223 Å². The van der Waals surface area contributed by atoms with E-state index in [9.17, 15) is 14.4 Å². The summed E-state index contributed by atoms with van der Waals surface area (Å²) in [6, 6.07) is 17.6. The van der Waals surface area contributed by atoms with Crippen molar-refractivity contribution in [2.24, 2.45) is 5.73 Å². The molecule has 2 aromatic heterocycles. The highest BCUT2D eigenvalue weighted by Crippen LogP contribution is 2.12. The van der Waals surface area contributed by atoms with E-state index < -0.39 is 12.1 Å². The number of hydrogen-bond acceptors (Lipinski definition) is 7. The minimum atomic E-state index is -0.672. The lowest BCUT2D eigenvalue weighted by atomic mass is 10.1. The van der Waals surface area contributed by atoms with Gasteiger partial charge in [0.15, 0.2) is 0 Å².